The lowest BCUT2D eigenvalue weighted by Crippen LogP contribution is -2.05. The van der Waals surface area contributed by atoms with Crippen LogP contribution in [0.5, 0.6) is 0 Å². The van der Waals surface area contributed by atoms with Gasteiger partial charge in [0.15, 0.2) is 0 Å². The fourth-order valence-corrected chi connectivity index (χ4v) is 2.64. The van der Waals surface area contributed by atoms with Crippen LogP contribution in [-0.4, -0.2) is 16.2 Å². The van der Waals surface area contributed by atoms with E-state index in [-0.39, 0.29) is 17.3 Å². The molecule has 0 saturated heterocycles. The summed E-state index contributed by atoms with van der Waals surface area (Å²) < 4.78 is 0. The summed E-state index contributed by atoms with van der Waals surface area (Å²) in [5.74, 6) is 0.0652. The molecule has 5 nitrogen and oxygen atoms in total. The summed E-state index contributed by atoms with van der Waals surface area (Å²) in [6.45, 7) is 0. The van der Waals surface area contributed by atoms with E-state index in [0.29, 0.717) is 16.3 Å². The van der Waals surface area contributed by atoms with Crippen molar-refractivity contribution < 1.29 is 0 Å². The van der Waals surface area contributed by atoms with E-state index in [1.807, 2.05) is 24.5 Å². The minimum Gasteiger partial charge on any atom is -0.382 e. The predicted octanol–water partition coefficient (Wildman–Crippen LogP) is 2.55. The maximum absolute atomic E-state index is 9.21. The third kappa shape index (κ3) is 2.43. The molecule has 2 rings (SSSR count). The number of hydrogen-bond donors (Lipinski definition) is 2. The number of aromatic nitrogens is 2. The number of benzene rings is 1. The first kappa shape index (κ1) is 13.5. The van der Waals surface area contributed by atoms with Gasteiger partial charge in [-0.2, -0.15) is 10.2 Å². The normalized spacial score (nSPS) is 10.2. The first-order chi connectivity index (χ1) is 9.08. The molecule has 1 aromatic heterocycles. The molecule has 0 amide bonds. The van der Waals surface area contributed by atoms with Gasteiger partial charge in [0.1, 0.15) is 17.5 Å². The number of rotatable bonds is 2. The monoisotopic (exact) mass is 291 g/mol. The van der Waals surface area contributed by atoms with E-state index in [0.717, 1.165) is 4.90 Å². The highest BCUT2D eigenvalue weighted by Gasteiger charge is 2.18. The summed E-state index contributed by atoms with van der Waals surface area (Å²) in [6, 6.07) is 7.44. The first-order valence-corrected chi connectivity index (χ1v) is 6.84. The SMILES string of the molecule is CSc1cccc(Cl)c1-c1nc(N)nc(N)c1C#N. The summed E-state index contributed by atoms with van der Waals surface area (Å²) in [6.07, 6.45) is 1.91. The van der Waals surface area contributed by atoms with Crippen molar-refractivity contribution in [3.63, 3.8) is 0 Å². The smallest absolute Gasteiger partial charge is 0.222 e. The Morgan fingerprint density at radius 1 is 1.32 bits per heavy atom. The number of hydrogen-bond acceptors (Lipinski definition) is 6. The molecule has 96 valence electrons. The second-order valence-corrected chi connectivity index (χ2v) is 4.87. The van der Waals surface area contributed by atoms with Gasteiger partial charge in [-0.1, -0.05) is 17.7 Å². The topological polar surface area (TPSA) is 102 Å². The molecule has 4 N–H and O–H groups in total. The van der Waals surface area contributed by atoms with Crippen molar-refractivity contribution in [2.45, 2.75) is 4.90 Å². The first-order valence-electron chi connectivity index (χ1n) is 5.24. The third-order valence-corrected chi connectivity index (χ3v) is 3.59. The maximum Gasteiger partial charge on any atom is 0.222 e. The summed E-state index contributed by atoms with van der Waals surface area (Å²) in [7, 11) is 0. The molecule has 0 bridgehead atoms. The maximum atomic E-state index is 9.21. The van der Waals surface area contributed by atoms with Crippen molar-refractivity contribution in [1.29, 1.82) is 5.26 Å². The van der Waals surface area contributed by atoms with Gasteiger partial charge >= 0.3 is 0 Å². The van der Waals surface area contributed by atoms with Crippen molar-refractivity contribution in [2.24, 2.45) is 0 Å². The molecule has 0 saturated carbocycles. The molecule has 0 aliphatic rings. The fourth-order valence-electron chi connectivity index (χ4n) is 1.69. The van der Waals surface area contributed by atoms with Gasteiger partial charge in [0.2, 0.25) is 5.95 Å². The molecule has 0 unspecified atom stereocenters. The van der Waals surface area contributed by atoms with E-state index >= 15 is 0 Å². The van der Waals surface area contributed by atoms with Gasteiger partial charge in [-0.15, -0.1) is 11.8 Å². The Morgan fingerprint density at radius 3 is 2.68 bits per heavy atom. The van der Waals surface area contributed by atoms with E-state index in [4.69, 9.17) is 23.1 Å². The predicted molar refractivity (Wildman–Crippen MR) is 77.8 cm³/mol. The van der Waals surface area contributed by atoms with E-state index < -0.39 is 0 Å². The molecule has 7 heteroatoms. The van der Waals surface area contributed by atoms with Crippen LogP contribution < -0.4 is 11.5 Å². The molecule has 0 aliphatic heterocycles. The Labute approximate surface area is 119 Å². The van der Waals surface area contributed by atoms with Crippen LogP contribution >= 0.6 is 23.4 Å². The number of halogens is 1. The van der Waals surface area contributed by atoms with Crippen LogP contribution in [0.3, 0.4) is 0 Å². The van der Waals surface area contributed by atoms with Gasteiger partial charge in [-0.05, 0) is 18.4 Å². The molecule has 0 radical (unpaired) electrons. The zero-order valence-electron chi connectivity index (χ0n) is 10.0. The van der Waals surface area contributed by atoms with Crippen molar-refractivity contribution in [1.82, 2.24) is 9.97 Å². The lowest BCUT2D eigenvalue weighted by Gasteiger charge is -2.11. The summed E-state index contributed by atoms with van der Waals surface area (Å²) in [4.78, 5) is 8.79. The Bertz CT molecular complexity index is 681. The molecular weight excluding hydrogens is 282 g/mol. The molecule has 1 heterocycles. The number of nitrogen functional groups attached to an aromatic ring is 2. The zero-order valence-corrected chi connectivity index (χ0v) is 11.6. The Hall–Kier alpha value is -1.97. The number of nitrogens with zero attached hydrogens (tertiary/aromatic N) is 3. The molecule has 1 aromatic carbocycles. The largest absolute Gasteiger partial charge is 0.382 e. The average molecular weight is 292 g/mol. The second kappa shape index (κ2) is 5.34. The van der Waals surface area contributed by atoms with Gasteiger partial charge in [0, 0.05) is 10.5 Å². The van der Waals surface area contributed by atoms with Crippen LogP contribution in [-0.2, 0) is 0 Å². The highest BCUT2D eigenvalue weighted by atomic mass is 35.5. The van der Waals surface area contributed by atoms with Crippen LogP contribution in [0.15, 0.2) is 23.1 Å². The summed E-state index contributed by atoms with van der Waals surface area (Å²) in [5.41, 5.74) is 12.5. The van der Waals surface area contributed by atoms with Gasteiger partial charge in [0.25, 0.3) is 0 Å². The molecule has 0 aliphatic carbocycles. The Kier molecular flexibility index (Phi) is 3.79. The van der Waals surface area contributed by atoms with Gasteiger partial charge in [0.05, 0.1) is 10.7 Å². The van der Waals surface area contributed by atoms with Gasteiger partial charge in [-0.3, -0.25) is 0 Å². The molecular formula is C12H10ClN5S. The quantitative estimate of drug-likeness (QED) is 0.825. The zero-order chi connectivity index (χ0) is 14.0. The van der Waals surface area contributed by atoms with Gasteiger partial charge < -0.3 is 11.5 Å². The number of anilines is 2. The van der Waals surface area contributed by atoms with Crippen molar-refractivity contribution in [3.8, 4) is 17.3 Å². The van der Waals surface area contributed by atoms with E-state index in [1.54, 1.807) is 6.07 Å². The molecule has 0 fully saturated rings. The third-order valence-electron chi connectivity index (χ3n) is 2.50. The van der Waals surface area contributed by atoms with Crippen molar-refractivity contribution >= 4 is 35.1 Å². The average Bonchev–Trinajstić information content (AvgIpc) is 2.37. The Morgan fingerprint density at radius 2 is 2.05 bits per heavy atom. The standard InChI is InChI=1S/C12H10ClN5S/c1-19-8-4-2-3-7(13)9(8)10-6(5-14)11(15)18-12(16)17-10/h2-4H,1H3,(H4,15,16,17,18). The van der Waals surface area contributed by atoms with Crippen LogP contribution in [0.25, 0.3) is 11.3 Å². The molecule has 2 aromatic rings. The molecule has 0 atom stereocenters. The Balaban J connectivity index is 2.83. The number of nitriles is 1. The summed E-state index contributed by atoms with van der Waals surface area (Å²) >= 11 is 7.71. The molecule has 19 heavy (non-hydrogen) atoms. The summed E-state index contributed by atoms with van der Waals surface area (Å²) in [5, 5.41) is 9.69. The lowest BCUT2D eigenvalue weighted by molar-refractivity contribution is 1.17. The minimum absolute atomic E-state index is 0.0125. The highest BCUT2D eigenvalue weighted by Crippen LogP contribution is 2.37. The van der Waals surface area contributed by atoms with Crippen LogP contribution in [0.1, 0.15) is 5.56 Å². The van der Waals surface area contributed by atoms with Crippen molar-refractivity contribution in [2.75, 3.05) is 17.7 Å². The van der Waals surface area contributed by atoms with Gasteiger partial charge in [-0.25, -0.2) is 4.98 Å². The molecule has 0 spiro atoms. The lowest BCUT2D eigenvalue weighted by atomic mass is 10.1. The van der Waals surface area contributed by atoms with E-state index in [2.05, 4.69) is 9.97 Å². The number of nitrogens with two attached hydrogens (primary N) is 2. The van der Waals surface area contributed by atoms with Crippen LogP contribution in [0.4, 0.5) is 11.8 Å². The van der Waals surface area contributed by atoms with E-state index in [1.165, 1.54) is 11.8 Å². The van der Waals surface area contributed by atoms with E-state index in [9.17, 15) is 5.26 Å². The second-order valence-electron chi connectivity index (χ2n) is 3.62. The van der Waals surface area contributed by atoms with Crippen molar-refractivity contribution in [3.05, 3.63) is 28.8 Å². The van der Waals surface area contributed by atoms with Crippen LogP contribution in [0.2, 0.25) is 5.02 Å². The van der Waals surface area contributed by atoms with Crippen LogP contribution in [0, 0.1) is 11.3 Å². The fraction of sp³-hybridized carbons (Fsp3) is 0.0833. The number of thioether (sulfide) groups is 1. The highest BCUT2D eigenvalue weighted by molar-refractivity contribution is 7.98. The minimum atomic E-state index is 0.0125.